The second-order valence-electron chi connectivity index (χ2n) is 14.0. The van der Waals surface area contributed by atoms with Crippen molar-refractivity contribution in [2.75, 3.05) is 33.4 Å². The number of fused-ring (bicyclic) bond motifs is 2. The Morgan fingerprint density at radius 2 is 1.18 bits per heavy atom. The average molecular weight is 1220 g/mol. The molecule has 0 aliphatic carbocycles. The average Bonchev–Trinajstić information content (AvgIpc) is 3.80. The number of benzene rings is 4. The van der Waals surface area contributed by atoms with Crippen LogP contribution in [0.2, 0.25) is 0 Å². The number of furan rings is 2. The van der Waals surface area contributed by atoms with Crippen molar-refractivity contribution in [3.05, 3.63) is 105 Å². The van der Waals surface area contributed by atoms with E-state index in [1.807, 2.05) is 0 Å². The number of Topliss-reactive ketones (excluding diaryl/α,β-unsaturated/α-hetero) is 2. The van der Waals surface area contributed by atoms with E-state index in [0.29, 0.717) is 75.7 Å². The number of aliphatic hydroxyl groups is 2. The Morgan fingerprint density at radius 3 is 1.51 bits per heavy atom. The van der Waals surface area contributed by atoms with Gasteiger partial charge < -0.3 is 30.6 Å². The minimum absolute atomic E-state index is 0. The summed E-state index contributed by atoms with van der Waals surface area (Å²) in [4.78, 5) is 36.5. The van der Waals surface area contributed by atoms with E-state index in [1.54, 1.807) is 32.9 Å². The molecular weight excluding hydrogens is 1170 g/mol. The topological polar surface area (TPSA) is 234 Å². The fourth-order valence-corrected chi connectivity index (χ4v) is 8.67. The van der Waals surface area contributed by atoms with Crippen molar-refractivity contribution in [2.45, 2.75) is 52.7 Å². The Morgan fingerprint density at radius 1 is 0.791 bits per heavy atom. The first-order valence-electron chi connectivity index (χ1n) is 19.1. The Hall–Kier alpha value is -1.28. The number of anilines is 2. The van der Waals surface area contributed by atoms with Gasteiger partial charge in [-0.15, -0.1) is 0 Å². The third kappa shape index (κ3) is 18.7. The van der Waals surface area contributed by atoms with Crippen LogP contribution in [0.4, 0.5) is 20.2 Å². The molecule has 2 unspecified atom stereocenters. The third-order valence-electron chi connectivity index (χ3n) is 8.60. The number of aliphatic hydroxyl groups excluding tert-OH is 2. The van der Waals surface area contributed by atoms with Gasteiger partial charge in [0.2, 0.25) is 20.0 Å². The van der Waals surface area contributed by atoms with Crippen LogP contribution in [0.3, 0.4) is 0 Å². The molecule has 6 rings (SSSR count). The maximum atomic E-state index is 13.4. The Balaban J connectivity index is 0.00000108. The van der Waals surface area contributed by atoms with E-state index in [4.69, 9.17) is 24.0 Å². The van der Waals surface area contributed by atoms with Crippen molar-refractivity contribution in [1.29, 1.82) is 0 Å². The number of hydrogen-bond donors (Lipinski definition) is 3. The van der Waals surface area contributed by atoms with Crippen LogP contribution in [0, 0.1) is 11.6 Å². The molecule has 0 fully saturated rings. The number of nitrogens with zero attached hydrogens (tertiary/aromatic N) is 1. The van der Waals surface area contributed by atoms with Gasteiger partial charge in [-0.2, -0.15) is 0 Å². The van der Waals surface area contributed by atoms with Crippen molar-refractivity contribution in [3.8, 4) is 22.6 Å². The van der Waals surface area contributed by atoms with Crippen LogP contribution in [0.15, 0.2) is 90.6 Å². The smallest absolute Gasteiger partial charge is 1.00 e. The standard InChI is InChI=1S/C21H21BrFNO5S.C18H15BrFNO4S.C3H7BrO.CH2O3.2K.H/c1-4-18(26)20-15-9-16(22)17(24(11-12(2)25)30(3,27)28)10-19(15)29-21(20)13-5-7-14(23)8-6-13;1-3-15(22)17-12-8-13(19)14(21-26(2,23)24)9-16(12)25-18(17)10-4-6-11(20)7-5-10;1-3(5)2-4;2-1-4-3;;;/h5-10,12,25H,4,11H2,1-3H3;4-9,21H,3H2,1-2H3;3,5H,2H2,1H3;1,3H;;;/q;;;;2*+1;-1/p-1. The molecule has 2 atom stereocenters. The maximum Gasteiger partial charge on any atom is 1.00 e. The van der Waals surface area contributed by atoms with Gasteiger partial charge in [-0.25, -0.2) is 25.6 Å². The molecule has 4 aromatic carbocycles. The summed E-state index contributed by atoms with van der Waals surface area (Å²) >= 11 is 9.77. The number of rotatable bonds is 14. The fraction of sp³-hybridized carbons (Fsp3) is 0.279. The number of nitrogens with one attached hydrogen (secondary N) is 1. The van der Waals surface area contributed by atoms with Gasteiger partial charge in [0, 0.05) is 61.1 Å². The predicted molar refractivity (Wildman–Crippen MR) is 254 cm³/mol. The summed E-state index contributed by atoms with van der Waals surface area (Å²) in [7, 11) is -7.17. The SMILES string of the molecule is CC(O)CBr.CCC(=O)c1c(-c2ccc(F)cc2)oc2cc(N(CC(C)O)S(C)(=O)=O)c(Br)cc12.CCC(=O)c1c(-c2ccc(F)cc2)oc2cc(NS(C)(=O)=O)c(Br)cc12.O=CO[O-].[H-].[K+].[K+]. The molecule has 354 valence electrons. The molecule has 2 aromatic heterocycles. The maximum absolute atomic E-state index is 13.4. The molecule has 0 amide bonds. The molecule has 0 spiro atoms. The van der Waals surface area contributed by atoms with Gasteiger partial charge >= 0.3 is 103 Å². The minimum Gasteiger partial charge on any atom is -1.00 e. The minimum atomic E-state index is -3.69. The number of ketones is 2. The zero-order valence-electron chi connectivity index (χ0n) is 38.5. The molecule has 6 aromatic rings. The van der Waals surface area contributed by atoms with Gasteiger partial charge in [0.25, 0.3) is 6.47 Å². The van der Waals surface area contributed by atoms with Crippen molar-refractivity contribution in [1.82, 2.24) is 0 Å². The predicted octanol–water partition coefficient (Wildman–Crippen LogP) is 3.02. The zero-order chi connectivity index (χ0) is 49.0. The van der Waals surface area contributed by atoms with Crippen LogP contribution < -0.4 is 117 Å². The van der Waals surface area contributed by atoms with E-state index in [9.17, 15) is 40.3 Å². The monoisotopic (exact) mass is 1210 g/mol. The molecule has 67 heavy (non-hydrogen) atoms. The third-order valence-corrected chi connectivity index (χ3v) is 12.6. The van der Waals surface area contributed by atoms with E-state index in [-0.39, 0.29) is 153 Å². The summed E-state index contributed by atoms with van der Waals surface area (Å²) in [6.45, 7) is 6.36. The second-order valence-corrected chi connectivity index (χ2v) is 20.0. The van der Waals surface area contributed by atoms with Gasteiger partial charge in [0.05, 0.1) is 53.8 Å². The summed E-state index contributed by atoms with van der Waals surface area (Å²) in [6.07, 6.45) is 1.50. The van der Waals surface area contributed by atoms with Crippen LogP contribution >= 0.6 is 47.8 Å². The molecule has 3 N–H and O–H groups in total. The molecule has 0 radical (unpaired) electrons. The van der Waals surface area contributed by atoms with E-state index in [2.05, 4.69) is 57.4 Å². The molecule has 15 nitrogen and oxygen atoms in total. The van der Waals surface area contributed by atoms with Crippen molar-refractivity contribution < 1.29 is 173 Å². The molecule has 0 aliphatic rings. The molecule has 0 saturated carbocycles. The largest absolute Gasteiger partial charge is 1.00 e. The van der Waals surface area contributed by atoms with Crippen LogP contribution in [0.5, 0.6) is 0 Å². The number of hydrogen-bond acceptors (Lipinski definition) is 13. The Kier molecular flexibility index (Phi) is 27.9. The van der Waals surface area contributed by atoms with E-state index in [0.717, 1.165) is 16.8 Å². The first-order valence-corrected chi connectivity index (χ1v) is 25.6. The van der Waals surface area contributed by atoms with Gasteiger partial charge in [-0.05, 0) is 106 Å². The summed E-state index contributed by atoms with van der Waals surface area (Å²) in [5.74, 6) is -0.464. The molecular formula is C43H45Br3F2K2N2O13S2. The molecule has 2 heterocycles. The molecule has 0 aliphatic heterocycles. The molecule has 24 heteroatoms. The number of alkyl halides is 1. The van der Waals surface area contributed by atoms with Crippen molar-refractivity contribution in [3.63, 3.8) is 0 Å². The van der Waals surface area contributed by atoms with Crippen LogP contribution in [0.1, 0.15) is 62.7 Å². The fourth-order valence-electron chi connectivity index (χ4n) is 5.86. The van der Waals surface area contributed by atoms with E-state index < -0.39 is 37.8 Å². The van der Waals surface area contributed by atoms with Crippen LogP contribution in [-0.4, -0.2) is 81.7 Å². The van der Waals surface area contributed by atoms with Crippen molar-refractivity contribution in [2.24, 2.45) is 0 Å². The van der Waals surface area contributed by atoms with Gasteiger partial charge in [0.15, 0.2) is 11.6 Å². The number of sulfonamides is 2. The van der Waals surface area contributed by atoms with Gasteiger partial charge in [-0.3, -0.25) is 23.4 Å². The first kappa shape index (κ1) is 63.7. The van der Waals surface area contributed by atoms with Crippen molar-refractivity contribution >= 4 is 119 Å². The molecule has 0 saturated heterocycles. The van der Waals surface area contributed by atoms with Crippen LogP contribution in [-0.2, 0) is 29.7 Å². The summed E-state index contributed by atoms with van der Waals surface area (Å²) in [5, 5.41) is 28.2. The van der Waals surface area contributed by atoms with Gasteiger partial charge in [-0.1, -0.05) is 29.8 Å². The normalized spacial score (nSPS) is 11.7. The summed E-state index contributed by atoms with van der Waals surface area (Å²) in [5.41, 5.74) is 3.09. The number of carbonyl (C=O) groups excluding carboxylic acids is 3. The number of halogens is 5. The summed E-state index contributed by atoms with van der Waals surface area (Å²) in [6, 6.07) is 17.5. The quantitative estimate of drug-likeness (QED) is 0.0356. The molecule has 0 bridgehead atoms. The van der Waals surface area contributed by atoms with Crippen LogP contribution in [0.25, 0.3) is 44.6 Å². The van der Waals surface area contributed by atoms with E-state index >= 15 is 0 Å². The Bertz CT molecular complexity index is 2850. The van der Waals surface area contributed by atoms with E-state index in [1.165, 1.54) is 67.6 Å². The summed E-state index contributed by atoms with van der Waals surface area (Å²) < 4.78 is 90.4. The Labute approximate surface area is 498 Å². The second kappa shape index (κ2) is 29.3. The zero-order valence-corrected chi connectivity index (χ0v) is 50.2. The first-order chi connectivity index (χ1) is 30.4. The van der Waals surface area contributed by atoms with Gasteiger partial charge in [0.1, 0.15) is 34.3 Å². The number of carbonyl (C=O) groups is 3.